The van der Waals surface area contributed by atoms with Crippen LogP contribution in [0, 0.1) is 6.92 Å². The number of hydrogen-bond acceptors (Lipinski definition) is 2. The molecule has 0 bridgehead atoms. The highest BCUT2D eigenvalue weighted by Crippen LogP contribution is 2.24. The summed E-state index contributed by atoms with van der Waals surface area (Å²) in [5.41, 5.74) is 2.14. The Morgan fingerprint density at radius 2 is 1.42 bits per heavy atom. The minimum atomic E-state index is 0.711. The minimum Gasteiger partial charge on any atom is -0.349 e. The van der Waals surface area contributed by atoms with E-state index in [1.807, 2.05) is 68.3 Å². The maximum Gasteiger partial charge on any atom is 0.202 e. The summed E-state index contributed by atoms with van der Waals surface area (Å²) in [6.45, 7) is 2.09. The number of hydrogen-bond donors (Lipinski definition) is 0. The highest BCUT2D eigenvalue weighted by molar-refractivity contribution is 8.14. The van der Waals surface area contributed by atoms with E-state index >= 15 is 0 Å². The zero-order valence-electron chi connectivity index (χ0n) is 14.9. The van der Waals surface area contributed by atoms with E-state index < -0.39 is 0 Å². The third-order valence-corrected chi connectivity index (χ3v) is 4.08. The van der Waals surface area contributed by atoms with Crippen LogP contribution in [0.15, 0.2) is 69.5 Å². The van der Waals surface area contributed by atoms with E-state index in [1.54, 1.807) is 11.8 Å². The molecular formula is C19H24N4S. The van der Waals surface area contributed by atoms with Gasteiger partial charge in [0.2, 0.25) is 5.96 Å². The van der Waals surface area contributed by atoms with Crippen molar-refractivity contribution in [3.05, 3.63) is 60.2 Å². The quantitative estimate of drug-likeness (QED) is 0.465. The summed E-state index contributed by atoms with van der Waals surface area (Å²) in [5, 5.41) is 0.711. The molecule has 5 heteroatoms. The normalized spacial score (nSPS) is 11.1. The first-order chi connectivity index (χ1) is 11.5. The van der Waals surface area contributed by atoms with Crippen LogP contribution in [-0.2, 0) is 0 Å². The lowest BCUT2D eigenvalue weighted by molar-refractivity contribution is 0.485. The number of thioether (sulfide) groups is 1. The van der Waals surface area contributed by atoms with Crippen LogP contribution in [0.3, 0.4) is 0 Å². The molecule has 0 saturated carbocycles. The molecule has 0 atom stereocenters. The van der Waals surface area contributed by atoms with Gasteiger partial charge in [-0.15, -0.1) is 0 Å². The fourth-order valence-corrected chi connectivity index (χ4v) is 2.84. The van der Waals surface area contributed by atoms with Gasteiger partial charge in [0.05, 0.1) is 5.69 Å². The van der Waals surface area contributed by atoms with Gasteiger partial charge in [0, 0.05) is 33.1 Å². The summed E-state index contributed by atoms with van der Waals surface area (Å²) in [6, 6.07) is 18.3. The second-order valence-corrected chi connectivity index (χ2v) is 6.89. The predicted octanol–water partition coefficient (Wildman–Crippen LogP) is 4.25. The average molecular weight is 340 g/mol. The molecule has 0 spiro atoms. The molecule has 0 aliphatic heterocycles. The maximum atomic E-state index is 4.77. The molecule has 0 amide bonds. The molecule has 0 radical (unpaired) electrons. The summed E-state index contributed by atoms with van der Waals surface area (Å²) in [4.78, 5) is 14.6. The summed E-state index contributed by atoms with van der Waals surface area (Å²) >= 11 is 1.56. The number of rotatable bonds is 2. The Kier molecular flexibility index (Phi) is 6.44. The SMILES string of the molecule is Cc1ccc(SC(=Nc2ccccc2)N=C(N(C)C)N(C)C)cc1. The fourth-order valence-electron chi connectivity index (χ4n) is 2.08. The highest BCUT2D eigenvalue weighted by atomic mass is 32.2. The minimum absolute atomic E-state index is 0.711. The fraction of sp³-hybridized carbons (Fsp3) is 0.263. The molecule has 2 aromatic carbocycles. The molecule has 0 saturated heterocycles. The standard InChI is InChI=1S/C19H24N4S/c1-15-11-13-17(14-12-15)24-18(20-16-9-7-6-8-10-16)21-19(22(2)3)23(4)5/h6-14H,1-5H3. The van der Waals surface area contributed by atoms with Gasteiger partial charge in [0.1, 0.15) is 0 Å². The van der Waals surface area contributed by atoms with Crippen molar-refractivity contribution in [2.45, 2.75) is 11.8 Å². The third-order valence-electron chi connectivity index (χ3n) is 3.21. The van der Waals surface area contributed by atoms with E-state index in [0.29, 0.717) is 5.17 Å². The van der Waals surface area contributed by atoms with Crippen molar-refractivity contribution in [2.75, 3.05) is 28.2 Å². The lowest BCUT2D eigenvalue weighted by atomic mass is 10.2. The number of aryl methyl sites for hydroxylation is 1. The Labute approximate surface area is 148 Å². The van der Waals surface area contributed by atoms with Crippen LogP contribution in [0.2, 0.25) is 0 Å². The molecule has 126 valence electrons. The van der Waals surface area contributed by atoms with Crippen LogP contribution in [-0.4, -0.2) is 49.1 Å². The molecule has 4 nitrogen and oxygen atoms in total. The van der Waals surface area contributed by atoms with Gasteiger partial charge in [-0.25, -0.2) is 4.99 Å². The molecule has 0 aliphatic rings. The second kappa shape index (κ2) is 8.55. The Balaban J connectivity index is 2.39. The molecule has 0 aromatic heterocycles. The lowest BCUT2D eigenvalue weighted by Crippen LogP contribution is -2.35. The van der Waals surface area contributed by atoms with E-state index in [4.69, 9.17) is 9.98 Å². The summed E-state index contributed by atoms with van der Waals surface area (Å²) in [6.07, 6.45) is 0. The lowest BCUT2D eigenvalue weighted by Gasteiger charge is -2.22. The monoisotopic (exact) mass is 340 g/mol. The van der Waals surface area contributed by atoms with Gasteiger partial charge in [-0.05, 0) is 43.0 Å². The molecule has 0 fully saturated rings. The number of aliphatic imine (C=N–C) groups is 2. The first-order valence-corrected chi connectivity index (χ1v) is 8.59. The largest absolute Gasteiger partial charge is 0.349 e. The summed E-state index contributed by atoms with van der Waals surface area (Å²) < 4.78 is 0. The van der Waals surface area contributed by atoms with Crippen LogP contribution in [0.1, 0.15) is 5.56 Å². The van der Waals surface area contributed by atoms with Crippen LogP contribution in [0.25, 0.3) is 0 Å². The van der Waals surface area contributed by atoms with E-state index in [9.17, 15) is 0 Å². The number of amidine groups is 1. The third kappa shape index (κ3) is 5.42. The van der Waals surface area contributed by atoms with E-state index in [1.165, 1.54) is 5.56 Å². The van der Waals surface area contributed by atoms with Crippen molar-refractivity contribution in [1.82, 2.24) is 9.80 Å². The van der Waals surface area contributed by atoms with Gasteiger partial charge >= 0.3 is 0 Å². The van der Waals surface area contributed by atoms with Crippen LogP contribution < -0.4 is 0 Å². The molecule has 0 heterocycles. The molecule has 0 N–H and O–H groups in total. The molecular weight excluding hydrogens is 316 g/mol. The Bertz CT molecular complexity index is 694. The van der Waals surface area contributed by atoms with Gasteiger partial charge in [0.15, 0.2) is 5.17 Å². The predicted molar refractivity (Wildman–Crippen MR) is 105 cm³/mol. The van der Waals surface area contributed by atoms with Crippen molar-refractivity contribution in [1.29, 1.82) is 0 Å². The van der Waals surface area contributed by atoms with Crippen molar-refractivity contribution in [3.8, 4) is 0 Å². The van der Waals surface area contributed by atoms with Crippen LogP contribution in [0.5, 0.6) is 0 Å². The topological polar surface area (TPSA) is 31.2 Å². The number of nitrogens with zero attached hydrogens (tertiary/aromatic N) is 4. The first-order valence-electron chi connectivity index (χ1n) is 7.77. The average Bonchev–Trinajstić information content (AvgIpc) is 2.55. The smallest absolute Gasteiger partial charge is 0.202 e. The number of benzene rings is 2. The van der Waals surface area contributed by atoms with Gasteiger partial charge in [-0.2, -0.15) is 4.99 Å². The first kappa shape index (κ1) is 18.1. The van der Waals surface area contributed by atoms with E-state index in [0.717, 1.165) is 16.5 Å². The molecule has 2 aromatic rings. The van der Waals surface area contributed by atoms with Crippen molar-refractivity contribution in [2.24, 2.45) is 9.98 Å². The van der Waals surface area contributed by atoms with Crippen molar-refractivity contribution in [3.63, 3.8) is 0 Å². The Morgan fingerprint density at radius 3 is 1.96 bits per heavy atom. The number of para-hydroxylation sites is 1. The molecule has 0 aliphatic carbocycles. The maximum absolute atomic E-state index is 4.77. The van der Waals surface area contributed by atoms with E-state index in [-0.39, 0.29) is 0 Å². The van der Waals surface area contributed by atoms with Crippen LogP contribution >= 0.6 is 11.8 Å². The van der Waals surface area contributed by atoms with Crippen molar-refractivity contribution < 1.29 is 0 Å². The summed E-state index contributed by atoms with van der Waals surface area (Å²) in [5.74, 6) is 0.851. The molecule has 2 rings (SSSR count). The van der Waals surface area contributed by atoms with E-state index in [2.05, 4.69) is 31.2 Å². The van der Waals surface area contributed by atoms with Crippen LogP contribution in [0.4, 0.5) is 5.69 Å². The van der Waals surface area contributed by atoms with Crippen molar-refractivity contribution >= 4 is 28.6 Å². The zero-order valence-corrected chi connectivity index (χ0v) is 15.7. The molecule has 0 unspecified atom stereocenters. The number of guanidine groups is 1. The highest BCUT2D eigenvalue weighted by Gasteiger charge is 2.09. The second-order valence-electron chi connectivity index (χ2n) is 5.85. The Hall–Kier alpha value is -2.27. The molecule has 24 heavy (non-hydrogen) atoms. The zero-order chi connectivity index (χ0) is 17.5. The summed E-state index contributed by atoms with van der Waals surface area (Å²) in [7, 11) is 7.93. The van der Waals surface area contributed by atoms with Gasteiger partial charge < -0.3 is 9.80 Å². The Morgan fingerprint density at radius 1 is 0.833 bits per heavy atom. The van der Waals surface area contributed by atoms with Gasteiger partial charge in [-0.1, -0.05) is 35.9 Å². The van der Waals surface area contributed by atoms with Gasteiger partial charge in [-0.3, -0.25) is 0 Å². The van der Waals surface area contributed by atoms with Gasteiger partial charge in [0.25, 0.3) is 0 Å².